The summed E-state index contributed by atoms with van der Waals surface area (Å²) in [5.41, 5.74) is 0.712. The zero-order valence-corrected chi connectivity index (χ0v) is 19.3. The fourth-order valence-electron chi connectivity index (χ4n) is 3.31. The third-order valence-corrected chi connectivity index (χ3v) is 4.91. The minimum Gasteiger partial charge on any atom is -0.504 e. The van der Waals surface area contributed by atoms with E-state index in [-0.39, 0.29) is 57.8 Å². The van der Waals surface area contributed by atoms with Crippen LogP contribution in [0.4, 0.5) is 0 Å². The summed E-state index contributed by atoms with van der Waals surface area (Å²) >= 11 is 0. The van der Waals surface area contributed by atoms with Crippen LogP contribution in [0.15, 0.2) is 39.1 Å². The lowest BCUT2D eigenvalue weighted by Gasteiger charge is -2.18. The Kier molecular flexibility index (Phi) is 6.91. The van der Waals surface area contributed by atoms with E-state index in [2.05, 4.69) is 0 Å². The second-order valence-electron chi connectivity index (χ2n) is 7.22. The van der Waals surface area contributed by atoms with Crippen molar-refractivity contribution in [2.75, 3.05) is 35.0 Å². The molecule has 0 fully saturated rings. The van der Waals surface area contributed by atoms with E-state index >= 15 is 0 Å². The molecular weight excluding hydrogens is 432 g/mol. The van der Waals surface area contributed by atoms with Crippen LogP contribution in [0.5, 0.6) is 40.2 Å². The summed E-state index contributed by atoms with van der Waals surface area (Å²) in [4.78, 5) is 13.4. The lowest BCUT2D eigenvalue weighted by Crippen LogP contribution is -2.10. The van der Waals surface area contributed by atoms with Crippen molar-refractivity contribution < 1.29 is 38.3 Å². The monoisotopic (exact) mass is 458 g/mol. The zero-order chi connectivity index (χ0) is 24.3. The van der Waals surface area contributed by atoms with Crippen molar-refractivity contribution in [3.63, 3.8) is 0 Å². The quantitative estimate of drug-likeness (QED) is 0.478. The highest BCUT2D eigenvalue weighted by atomic mass is 16.5. The van der Waals surface area contributed by atoms with E-state index in [0.717, 1.165) is 5.57 Å². The van der Waals surface area contributed by atoms with Crippen LogP contribution in [0.1, 0.15) is 13.8 Å². The van der Waals surface area contributed by atoms with E-state index in [4.69, 9.17) is 28.1 Å². The molecule has 2 N–H and O–H groups in total. The molecule has 0 unspecified atom stereocenters. The van der Waals surface area contributed by atoms with Crippen LogP contribution in [0.3, 0.4) is 0 Å². The first-order valence-corrected chi connectivity index (χ1v) is 9.94. The standard InChI is InChI=1S/C24H26O9/c1-12(2)9-10-32-24-22(30-5)18(27)16-17(26)21(29-4)19(33-20(16)23(24)31-6)13-7-8-14(25)15(11-13)28-3/h7-9,11,25,27H,10H2,1-6H3. The van der Waals surface area contributed by atoms with Crippen LogP contribution in [-0.4, -0.2) is 45.3 Å². The van der Waals surface area contributed by atoms with Crippen molar-refractivity contribution in [3.8, 4) is 51.6 Å². The molecule has 1 heterocycles. The molecule has 176 valence electrons. The Balaban J connectivity index is 2.41. The summed E-state index contributed by atoms with van der Waals surface area (Å²) < 4.78 is 33.2. The van der Waals surface area contributed by atoms with Crippen LogP contribution in [0, 0.1) is 0 Å². The van der Waals surface area contributed by atoms with Gasteiger partial charge in [-0.1, -0.05) is 5.57 Å². The molecule has 0 amide bonds. The zero-order valence-electron chi connectivity index (χ0n) is 19.3. The predicted molar refractivity (Wildman–Crippen MR) is 122 cm³/mol. The number of rotatable bonds is 8. The van der Waals surface area contributed by atoms with Crippen LogP contribution < -0.4 is 29.1 Å². The van der Waals surface area contributed by atoms with Crippen LogP contribution in [-0.2, 0) is 0 Å². The van der Waals surface area contributed by atoms with Gasteiger partial charge in [0.2, 0.25) is 28.4 Å². The van der Waals surface area contributed by atoms with Gasteiger partial charge < -0.3 is 38.3 Å². The van der Waals surface area contributed by atoms with E-state index in [1.54, 1.807) is 0 Å². The number of phenolic OH excluding ortho intramolecular Hbond substituents is 2. The average molecular weight is 458 g/mol. The van der Waals surface area contributed by atoms with Gasteiger partial charge in [-0.3, -0.25) is 4.79 Å². The van der Waals surface area contributed by atoms with E-state index in [1.165, 1.54) is 46.6 Å². The molecule has 0 spiro atoms. The Morgan fingerprint density at radius 2 is 1.61 bits per heavy atom. The summed E-state index contributed by atoms with van der Waals surface area (Å²) in [6.45, 7) is 4.00. The van der Waals surface area contributed by atoms with Gasteiger partial charge in [0.25, 0.3) is 0 Å². The normalized spacial score (nSPS) is 10.6. The van der Waals surface area contributed by atoms with Crippen molar-refractivity contribution >= 4 is 11.0 Å². The fraction of sp³-hybridized carbons (Fsp3) is 0.292. The number of aromatic hydroxyl groups is 2. The van der Waals surface area contributed by atoms with Gasteiger partial charge in [0, 0.05) is 5.56 Å². The second-order valence-corrected chi connectivity index (χ2v) is 7.22. The van der Waals surface area contributed by atoms with E-state index in [9.17, 15) is 15.0 Å². The molecule has 9 nitrogen and oxygen atoms in total. The molecule has 0 aliphatic carbocycles. The Hall–Kier alpha value is -4.01. The Morgan fingerprint density at radius 3 is 2.18 bits per heavy atom. The summed E-state index contributed by atoms with van der Waals surface area (Å²) in [5.74, 6) is -0.430. The molecule has 0 aliphatic heterocycles. The molecule has 0 saturated carbocycles. The smallest absolute Gasteiger partial charge is 0.239 e. The maximum absolute atomic E-state index is 13.4. The maximum Gasteiger partial charge on any atom is 0.239 e. The van der Waals surface area contributed by atoms with Gasteiger partial charge in [-0.25, -0.2) is 0 Å². The third-order valence-electron chi connectivity index (χ3n) is 4.91. The van der Waals surface area contributed by atoms with Crippen LogP contribution in [0.2, 0.25) is 0 Å². The summed E-state index contributed by atoms with van der Waals surface area (Å²) in [7, 11) is 5.42. The topological polar surface area (TPSA) is 117 Å². The molecule has 33 heavy (non-hydrogen) atoms. The molecule has 3 aromatic rings. The SMILES string of the molecule is COc1cc(-c2oc3c(OC)c(OCC=C(C)C)c(OC)c(O)c3c(=O)c2OC)ccc1O. The van der Waals surface area contributed by atoms with Gasteiger partial charge in [0.1, 0.15) is 12.0 Å². The Morgan fingerprint density at radius 1 is 0.939 bits per heavy atom. The molecule has 1 aromatic heterocycles. The number of methoxy groups -OCH3 is 4. The van der Waals surface area contributed by atoms with Crippen LogP contribution in [0.25, 0.3) is 22.3 Å². The number of allylic oxidation sites excluding steroid dienone is 1. The number of fused-ring (bicyclic) bond motifs is 1. The molecule has 2 aromatic carbocycles. The first-order valence-electron chi connectivity index (χ1n) is 9.94. The third kappa shape index (κ3) is 4.21. The van der Waals surface area contributed by atoms with Gasteiger partial charge in [0.15, 0.2) is 28.6 Å². The first-order chi connectivity index (χ1) is 15.8. The summed E-state index contributed by atoms with van der Waals surface area (Å²) in [6.07, 6.45) is 1.83. The van der Waals surface area contributed by atoms with Gasteiger partial charge >= 0.3 is 0 Å². The number of phenols is 2. The van der Waals surface area contributed by atoms with Crippen molar-refractivity contribution in [3.05, 3.63) is 40.1 Å². The second kappa shape index (κ2) is 9.64. The molecule has 3 rings (SSSR count). The minimum absolute atomic E-state index is 0.0476. The average Bonchev–Trinajstić information content (AvgIpc) is 2.79. The number of benzene rings is 2. The minimum atomic E-state index is -0.647. The van der Waals surface area contributed by atoms with E-state index in [1.807, 2.05) is 19.9 Å². The van der Waals surface area contributed by atoms with Gasteiger partial charge in [-0.2, -0.15) is 0 Å². The van der Waals surface area contributed by atoms with Crippen LogP contribution >= 0.6 is 0 Å². The number of hydrogen-bond donors (Lipinski definition) is 2. The lowest BCUT2D eigenvalue weighted by molar-refractivity contribution is 0.291. The Bertz CT molecular complexity index is 1270. The van der Waals surface area contributed by atoms with Crippen molar-refractivity contribution in [2.45, 2.75) is 13.8 Å². The first kappa shape index (κ1) is 23.6. The van der Waals surface area contributed by atoms with Crippen molar-refractivity contribution in [2.24, 2.45) is 0 Å². The van der Waals surface area contributed by atoms with Gasteiger partial charge in [-0.15, -0.1) is 0 Å². The molecule has 0 radical (unpaired) electrons. The molecule has 9 heteroatoms. The fourth-order valence-corrected chi connectivity index (χ4v) is 3.31. The number of ether oxygens (including phenoxy) is 5. The molecular formula is C24H26O9. The molecule has 0 bridgehead atoms. The predicted octanol–water partition coefficient (Wildman–Crippen LogP) is 4.25. The maximum atomic E-state index is 13.4. The molecule has 0 atom stereocenters. The van der Waals surface area contributed by atoms with Gasteiger partial charge in [-0.05, 0) is 38.1 Å². The van der Waals surface area contributed by atoms with Crippen molar-refractivity contribution in [1.29, 1.82) is 0 Å². The van der Waals surface area contributed by atoms with Crippen molar-refractivity contribution in [1.82, 2.24) is 0 Å². The van der Waals surface area contributed by atoms with Gasteiger partial charge in [0.05, 0.1) is 28.4 Å². The summed E-state index contributed by atoms with van der Waals surface area (Å²) in [6, 6.07) is 4.42. The molecule has 0 aliphatic rings. The summed E-state index contributed by atoms with van der Waals surface area (Å²) in [5, 5.41) is 20.6. The highest BCUT2D eigenvalue weighted by Crippen LogP contribution is 2.51. The van der Waals surface area contributed by atoms with E-state index < -0.39 is 11.2 Å². The lowest BCUT2D eigenvalue weighted by atomic mass is 10.1. The number of hydrogen-bond acceptors (Lipinski definition) is 9. The largest absolute Gasteiger partial charge is 0.504 e. The highest BCUT2D eigenvalue weighted by Gasteiger charge is 2.29. The Labute approximate surface area is 190 Å². The van der Waals surface area contributed by atoms with E-state index in [0.29, 0.717) is 5.56 Å². The molecule has 0 saturated heterocycles. The highest BCUT2D eigenvalue weighted by molar-refractivity contribution is 5.96.